The van der Waals surface area contributed by atoms with Crippen LogP contribution >= 0.6 is 11.3 Å². The van der Waals surface area contributed by atoms with E-state index in [-0.39, 0.29) is 36.1 Å². The lowest BCUT2D eigenvalue weighted by Crippen LogP contribution is -2.54. The Morgan fingerprint density at radius 3 is 2.49 bits per heavy atom. The number of thiazole rings is 1. The topological polar surface area (TPSA) is 118 Å². The second-order valence-electron chi connectivity index (χ2n) is 9.92. The van der Waals surface area contributed by atoms with Crippen molar-refractivity contribution in [2.24, 2.45) is 17.8 Å². The number of nitrogens with one attached hydrogen (secondary N) is 2. The van der Waals surface area contributed by atoms with E-state index in [0.717, 1.165) is 23.1 Å². The van der Waals surface area contributed by atoms with E-state index in [4.69, 9.17) is 0 Å². The number of ketones is 1. The molecule has 1 aromatic heterocycles. The van der Waals surface area contributed by atoms with Gasteiger partial charge in [0.15, 0.2) is 10.8 Å². The Balaban J connectivity index is 1.56. The summed E-state index contributed by atoms with van der Waals surface area (Å²) in [5.74, 6) is -4.44. The number of ether oxygens (including phenoxy) is 1. The van der Waals surface area contributed by atoms with Crippen molar-refractivity contribution in [3.05, 3.63) is 16.1 Å². The standard InChI is InChI=1S/C23H26F6N4O5S/c24-22(25,26)21-32-15(10-39-21)20(37)33-8-12-3-1-2-4-13(12)17(33)19(36)31-14(7-11-5-6-30-18(11)35)16(34)9-38-23(27,28)29/h10-14,17H,1-9H2,(H,30,35)(H,31,36)/t11?,12-,13-,14?,17-/m0/s1. The van der Waals surface area contributed by atoms with E-state index in [1.165, 1.54) is 0 Å². The lowest BCUT2D eigenvalue weighted by Gasteiger charge is -2.31. The monoisotopic (exact) mass is 584 g/mol. The minimum atomic E-state index is -5.10. The first kappa shape index (κ1) is 29.2. The highest BCUT2D eigenvalue weighted by atomic mass is 32.1. The summed E-state index contributed by atoms with van der Waals surface area (Å²) in [5.41, 5.74) is -0.474. The average molecular weight is 585 g/mol. The first-order valence-electron chi connectivity index (χ1n) is 12.4. The van der Waals surface area contributed by atoms with Gasteiger partial charge in [-0.2, -0.15) is 13.2 Å². The highest BCUT2D eigenvalue weighted by Crippen LogP contribution is 2.42. The molecule has 2 unspecified atom stereocenters. The molecule has 1 aromatic rings. The zero-order chi connectivity index (χ0) is 28.5. The number of Topliss-reactive ketones (excluding diaryl/α,β-unsaturated/α-hetero) is 1. The highest BCUT2D eigenvalue weighted by Gasteiger charge is 2.50. The molecular weight excluding hydrogens is 558 g/mol. The number of amides is 3. The molecule has 0 spiro atoms. The molecule has 1 saturated carbocycles. The van der Waals surface area contributed by atoms with Crippen molar-refractivity contribution in [3.63, 3.8) is 0 Å². The van der Waals surface area contributed by atoms with Gasteiger partial charge in [0.25, 0.3) is 5.91 Å². The molecule has 1 aliphatic carbocycles. The van der Waals surface area contributed by atoms with E-state index in [0.29, 0.717) is 25.8 Å². The Bertz CT molecular complexity index is 1110. The molecule has 4 rings (SSSR count). The predicted molar refractivity (Wildman–Crippen MR) is 122 cm³/mol. The van der Waals surface area contributed by atoms with Gasteiger partial charge in [-0.05, 0) is 37.5 Å². The predicted octanol–water partition coefficient (Wildman–Crippen LogP) is 2.91. The van der Waals surface area contributed by atoms with Gasteiger partial charge in [-0.1, -0.05) is 12.8 Å². The molecule has 9 nitrogen and oxygen atoms in total. The van der Waals surface area contributed by atoms with Crippen LogP contribution in [0.4, 0.5) is 26.3 Å². The quantitative estimate of drug-likeness (QED) is 0.454. The van der Waals surface area contributed by atoms with Crippen molar-refractivity contribution < 1.29 is 50.3 Å². The number of aromatic nitrogens is 1. The summed E-state index contributed by atoms with van der Waals surface area (Å²) in [5, 5.41) is 4.73. The largest absolute Gasteiger partial charge is 0.522 e. The Morgan fingerprint density at radius 2 is 1.87 bits per heavy atom. The van der Waals surface area contributed by atoms with E-state index < -0.39 is 71.4 Å². The van der Waals surface area contributed by atoms with Crippen LogP contribution < -0.4 is 10.6 Å². The van der Waals surface area contributed by atoms with Gasteiger partial charge in [-0.25, -0.2) is 4.98 Å². The van der Waals surface area contributed by atoms with Gasteiger partial charge in [-0.15, -0.1) is 24.5 Å². The summed E-state index contributed by atoms with van der Waals surface area (Å²) in [7, 11) is 0. The van der Waals surface area contributed by atoms with Gasteiger partial charge in [0.2, 0.25) is 11.8 Å². The van der Waals surface area contributed by atoms with E-state index in [2.05, 4.69) is 20.4 Å². The van der Waals surface area contributed by atoms with Crippen LogP contribution in [0, 0.1) is 17.8 Å². The second kappa shape index (κ2) is 11.4. The first-order valence-corrected chi connectivity index (χ1v) is 13.3. The molecule has 0 aromatic carbocycles. The molecule has 3 heterocycles. The fourth-order valence-electron chi connectivity index (χ4n) is 5.61. The number of halogens is 6. The number of hydrogen-bond acceptors (Lipinski definition) is 7. The molecule has 2 N–H and O–H groups in total. The van der Waals surface area contributed by atoms with Gasteiger partial charge in [0.1, 0.15) is 18.3 Å². The SMILES string of the molecule is O=C1NCCC1CC(NC(=O)[C@@H]1[C@H]2CCCC[C@H]2CN1C(=O)c1csc(C(F)(F)F)n1)C(=O)COC(F)(F)F. The highest BCUT2D eigenvalue weighted by molar-refractivity contribution is 7.10. The van der Waals surface area contributed by atoms with E-state index in [1.807, 2.05) is 0 Å². The van der Waals surface area contributed by atoms with Crippen LogP contribution in [0.1, 0.15) is 54.0 Å². The molecule has 3 amide bonds. The molecule has 0 radical (unpaired) electrons. The van der Waals surface area contributed by atoms with E-state index in [9.17, 15) is 45.5 Å². The Morgan fingerprint density at radius 1 is 1.15 bits per heavy atom. The average Bonchev–Trinajstić information content (AvgIpc) is 3.59. The van der Waals surface area contributed by atoms with Gasteiger partial charge in [0.05, 0.1) is 6.04 Å². The van der Waals surface area contributed by atoms with Crippen molar-refractivity contribution in [2.45, 2.75) is 63.1 Å². The van der Waals surface area contributed by atoms with Crippen LogP contribution in [-0.4, -0.2) is 71.5 Å². The summed E-state index contributed by atoms with van der Waals surface area (Å²) in [6, 6.07) is -2.68. The van der Waals surface area contributed by atoms with Crippen LogP contribution in [0.3, 0.4) is 0 Å². The zero-order valence-electron chi connectivity index (χ0n) is 20.4. The maximum atomic E-state index is 13.6. The summed E-state index contributed by atoms with van der Waals surface area (Å²) in [4.78, 5) is 56.1. The summed E-state index contributed by atoms with van der Waals surface area (Å²) in [6.07, 6.45) is -7.02. The smallest absolute Gasteiger partial charge is 0.356 e. The van der Waals surface area contributed by atoms with Crippen molar-refractivity contribution >= 4 is 34.8 Å². The summed E-state index contributed by atoms with van der Waals surface area (Å²) in [6.45, 7) is -0.998. The molecule has 3 aliphatic rings. The maximum Gasteiger partial charge on any atom is 0.522 e. The van der Waals surface area contributed by atoms with Gasteiger partial charge >= 0.3 is 12.5 Å². The molecule has 2 aliphatic heterocycles. The number of carbonyl (C=O) groups excluding carboxylic acids is 4. The minimum Gasteiger partial charge on any atom is -0.356 e. The van der Waals surface area contributed by atoms with E-state index in [1.54, 1.807) is 0 Å². The fraction of sp³-hybridized carbons (Fsp3) is 0.696. The van der Waals surface area contributed by atoms with Gasteiger partial charge in [0, 0.05) is 24.4 Å². The number of likely N-dealkylation sites (tertiary alicyclic amines) is 1. The Kier molecular flexibility index (Phi) is 8.54. The third kappa shape index (κ3) is 6.88. The summed E-state index contributed by atoms with van der Waals surface area (Å²) >= 11 is 0.246. The van der Waals surface area contributed by atoms with Crippen LogP contribution in [0.5, 0.6) is 0 Å². The molecular formula is C23H26F6N4O5S. The molecule has 216 valence electrons. The molecule has 2 saturated heterocycles. The van der Waals surface area contributed by atoms with Crippen LogP contribution in [0.15, 0.2) is 5.38 Å². The number of hydrogen-bond donors (Lipinski definition) is 2. The van der Waals surface area contributed by atoms with Crippen molar-refractivity contribution in [3.8, 4) is 0 Å². The van der Waals surface area contributed by atoms with Crippen molar-refractivity contribution in [1.82, 2.24) is 20.5 Å². The van der Waals surface area contributed by atoms with Crippen LogP contribution in [0.25, 0.3) is 0 Å². The molecule has 39 heavy (non-hydrogen) atoms. The third-order valence-corrected chi connectivity index (χ3v) is 8.29. The van der Waals surface area contributed by atoms with Crippen LogP contribution in [0.2, 0.25) is 0 Å². The Hall–Kier alpha value is -2.75. The lowest BCUT2D eigenvalue weighted by atomic mass is 9.78. The molecule has 5 atom stereocenters. The number of rotatable bonds is 8. The van der Waals surface area contributed by atoms with Gasteiger partial charge < -0.3 is 15.5 Å². The number of nitrogens with zero attached hydrogens (tertiary/aromatic N) is 2. The number of alkyl halides is 6. The normalized spacial score (nSPS) is 26.2. The molecule has 3 fully saturated rings. The molecule has 16 heteroatoms. The maximum absolute atomic E-state index is 13.6. The van der Waals surface area contributed by atoms with Crippen molar-refractivity contribution in [1.29, 1.82) is 0 Å². The van der Waals surface area contributed by atoms with Crippen molar-refractivity contribution in [2.75, 3.05) is 19.7 Å². The van der Waals surface area contributed by atoms with Crippen LogP contribution in [-0.2, 0) is 25.3 Å². The summed E-state index contributed by atoms with van der Waals surface area (Å²) < 4.78 is 80.5. The van der Waals surface area contributed by atoms with E-state index >= 15 is 0 Å². The first-order chi connectivity index (χ1) is 18.2. The number of fused-ring (bicyclic) bond motifs is 1. The minimum absolute atomic E-state index is 0.0846. The van der Waals surface area contributed by atoms with Gasteiger partial charge in [-0.3, -0.25) is 23.9 Å². The fourth-order valence-corrected chi connectivity index (χ4v) is 6.27. The number of carbonyl (C=O) groups is 4. The second-order valence-corrected chi connectivity index (χ2v) is 10.8. The third-order valence-electron chi connectivity index (χ3n) is 7.40. The Labute approximate surface area is 222 Å². The lowest BCUT2D eigenvalue weighted by molar-refractivity contribution is -0.321. The zero-order valence-corrected chi connectivity index (χ0v) is 21.3. The molecule has 0 bridgehead atoms.